The summed E-state index contributed by atoms with van der Waals surface area (Å²) in [5.41, 5.74) is 5.71. The van der Waals surface area contributed by atoms with Crippen LogP contribution in [-0.4, -0.2) is 31.0 Å². The Balaban J connectivity index is 0. The molecule has 0 saturated heterocycles. The van der Waals surface area contributed by atoms with Crippen molar-refractivity contribution in [1.82, 2.24) is 10.6 Å². The minimum absolute atomic E-state index is 0. The van der Waals surface area contributed by atoms with Crippen molar-refractivity contribution in [3.63, 3.8) is 0 Å². The van der Waals surface area contributed by atoms with Crippen LogP contribution in [0.4, 0.5) is 0 Å². The number of carbonyl (C=O) groups excluding carboxylic acids is 1. The Morgan fingerprint density at radius 2 is 1.89 bits per heavy atom. The SMILES string of the molecule is CCNC(=O)CN=C(N)NC(C)CCCC(C)C.I. The molecule has 0 bridgehead atoms. The van der Waals surface area contributed by atoms with Gasteiger partial charge in [-0.15, -0.1) is 24.0 Å². The lowest BCUT2D eigenvalue weighted by Gasteiger charge is -2.14. The Morgan fingerprint density at radius 1 is 1.26 bits per heavy atom. The summed E-state index contributed by atoms with van der Waals surface area (Å²) in [6.07, 6.45) is 3.47. The van der Waals surface area contributed by atoms with Gasteiger partial charge in [-0.2, -0.15) is 0 Å². The molecule has 0 aliphatic carbocycles. The van der Waals surface area contributed by atoms with E-state index in [0.29, 0.717) is 18.5 Å². The zero-order valence-electron chi connectivity index (χ0n) is 12.5. The van der Waals surface area contributed by atoms with Gasteiger partial charge in [0.1, 0.15) is 6.54 Å². The molecular weight excluding hydrogens is 355 g/mol. The van der Waals surface area contributed by atoms with E-state index in [1.807, 2.05) is 6.92 Å². The van der Waals surface area contributed by atoms with E-state index in [1.54, 1.807) is 0 Å². The smallest absolute Gasteiger partial charge is 0.241 e. The van der Waals surface area contributed by atoms with Gasteiger partial charge < -0.3 is 16.4 Å². The van der Waals surface area contributed by atoms with Crippen molar-refractivity contribution >= 4 is 35.8 Å². The highest BCUT2D eigenvalue weighted by molar-refractivity contribution is 14.0. The Bertz CT molecular complexity index is 269. The van der Waals surface area contributed by atoms with E-state index in [9.17, 15) is 4.79 Å². The van der Waals surface area contributed by atoms with Gasteiger partial charge in [-0.3, -0.25) is 4.79 Å². The van der Waals surface area contributed by atoms with Crippen LogP contribution in [0.3, 0.4) is 0 Å². The van der Waals surface area contributed by atoms with Gasteiger partial charge in [0.05, 0.1) is 0 Å². The summed E-state index contributed by atoms with van der Waals surface area (Å²) in [6, 6.07) is 0.293. The van der Waals surface area contributed by atoms with Crippen molar-refractivity contribution in [3.05, 3.63) is 0 Å². The van der Waals surface area contributed by atoms with Gasteiger partial charge in [0.2, 0.25) is 5.91 Å². The zero-order valence-corrected chi connectivity index (χ0v) is 14.9. The molecule has 0 heterocycles. The Morgan fingerprint density at radius 3 is 2.42 bits per heavy atom. The van der Waals surface area contributed by atoms with Gasteiger partial charge in [0.15, 0.2) is 5.96 Å². The number of hydrogen-bond acceptors (Lipinski definition) is 2. The lowest BCUT2D eigenvalue weighted by Crippen LogP contribution is -2.39. The number of hydrogen-bond donors (Lipinski definition) is 3. The van der Waals surface area contributed by atoms with Crippen LogP contribution < -0.4 is 16.4 Å². The van der Waals surface area contributed by atoms with E-state index in [0.717, 1.165) is 12.3 Å². The van der Waals surface area contributed by atoms with Crippen molar-refractivity contribution in [2.75, 3.05) is 13.1 Å². The molecule has 0 spiro atoms. The topological polar surface area (TPSA) is 79.5 Å². The molecule has 0 aliphatic heterocycles. The minimum Gasteiger partial charge on any atom is -0.370 e. The summed E-state index contributed by atoms with van der Waals surface area (Å²) in [4.78, 5) is 15.2. The molecule has 0 radical (unpaired) electrons. The average Bonchev–Trinajstić information content (AvgIpc) is 2.26. The third-order valence-corrected chi connectivity index (χ3v) is 2.58. The van der Waals surface area contributed by atoms with Gasteiger partial charge in [0.25, 0.3) is 0 Å². The summed E-state index contributed by atoms with van der Waals surface area (Å²) in [7, 11) is 0. The fourth-order valence-corrected chi connectivity index (χ4v) is 1.61. The van der Waals surface area contributed by atoms with Crippen LogP contribution in [0.2, 0.25) is 0 Å². The van der Waals surface area contributed by atoms with Crippen LogP contribution >= 0.6 is 24.0 Å². The first-order valence-corrected chi connectivity index (χ1v) is 6.78. The highest BCUT2D eigenvalue weighted by Crippen LogP contribution is 2.07. The Labute approximate surface area is 134 Å². The van der Waals surface area contributed by atoms with Crippen molar-refractivity contribution in [2.24, 2.45) is 16.6 Å². The molecule has 6 heteroatoms. The number of nitrogens with zero attached hydrogens (tertiary/aromatic N) is 1. The second-order valence-electron chi connectivity index (χ2n) is 5.03. The third kappa shape index (κ3) is 13.7. The summed E-state index contributed by atoms with van der Waals surface area (Å²) in [5, 5.41) is 5.77. The molecule has 1 unspecified atom stereocenters. The molecule has 1 amide bonds. The summed E-state index contributed by atoms with van der Waals surface area (Å²) in [6.45, 7) is 9.11. The molecule has 0 saturated carbocycles. The van der Waals surface area contributed by atoms with Crippen LogP contribution in [-0.2, 0) is 4.79 Å². The summed E-state index contributed by atoms with van der Waals surface area (Å²) < 4.78 is 0. The molecule has 0 aromatic carbocycles. The molecule has 19 heavy (non-hydrogen) atoms. The van der Waals surface area contributed by atoms with Crippen LogP contribution in [0.15, 0.2) is 4.99 Å². The normalized spacial score (nSPS) is 12.8. The maximum absolute atomic E-state index is 11.2. The number of carbonyl (C=O) groups is 1. The molecule has 0 aliphatic rings. The monoisotopic (exact) mass is 384 g/mol. The van der Waals surface area contributed by atoms with Gasteiger partial charge in [0, 0.05) is 12.6 Å². The number of nitrogens with one attached hydrogen (secondary N) is 2. The highest BCUT2D eigenvalue weighted by Gasteiger charge is 2.04. The average molecular weight is 384 g/mol. The fourth-order valence-electron chi connectivity index (χ4n) is 1.61. The summed E-state index contributed by atoms with van der Waals surface area (Å²) in [5.74, 6) is 0.981. The molecule has 0 aromatic heterocycles. The van der Waals surface area contributed by atoms with E-state index in [1.165, 1.54) is 12.8 Å². The number of likely N-dealkylation sites (N-methyl/N-ethyl adjacent to an activating group) is 1. The van der Waals surface area contributed by atoms with E-state index in [4.69, 9.17) is 5.73 Å². The van der Waals surface area contributed by atoms with Crippen molar-refractivity contribution < 1.29 is 4.79 Å². The molecule has 0 rings (SSSR count). The van der Waals surface area contributed by atoms with Crippen LogP contribution in [0.5, 0.6) is 0 Å². The minimum atomic E-state index is -0.102. The van der Waals surface area contributed by atoms with E-state index < -0.39 is 0 Å². The second-order valence-corrected chi connectivity index (χ2v) is 5.03. The maximum atomic E-state index is 11.2. The standard InChI is InChI=1S/C13H28N4O.HI/c1-5-15-12(18)9-16-13(14)17-11(4)8-6-7-10(2)3;/h10-11H,5-9H2,1-4H3,(H,15,18)(H3,14,16,17);1H. The second kappa shape index (κ2) is 12.5. The molecule has 0 fully saturated rings. The molecule has 1 atom stereocenters. The fraction of sp³-hybridized carbons (Fsp3) is 0.846. The number of nitrogens with two attached hydrogens (primary N) is 1. The first-order valence-electron chi connectivity index (χ1n) is 6.78. The van der Waals surface area contributed by atoms with Gasteiger partial charge in [-0.25, -0.2) is 4.99 Å². The first-order chi connectivity index (χ1) is 8.45. The van der Waals surface area contributed by atoms with E-state index in [2.05, 4.69) is 36.4 Å². The lowest BCUT2D eigenvalue weighted by molar-refractivity contribution is -0.119. The molecular formula is C13H29IN4O. The number of halogens is 1. The van der Waals surface area contributed by atoms with Gasteiger partial charge >= 0.3 is 0 Å². The number of aliphatic imine (C=N–C) groups is 1. The molecule has 114 valence electrons. The maximum Gasteiger partial charge on any atom is 0.241 e. The number of guanidine groups is 1. The van der Waals surface area contributed by atoms with Crippen molar-refractivity contribution in [2.45, 2.75) is 53.0 Å². The largest absolute Gasteiger partial charge is 0.370 e. The number of amides is 1. The first kappa shape index (κ1) is 20.8. The van der Waals surface area contributed by atoms with Crippen molar-refractivity contribution in [3.8, 4) is 0 Å². The molecule has 5 nitrogen and oxygen atoms in total. The predicted molar refractivity (Wildman–Crippen MR) is 91.9 cm³/mol. The van der Waals surface area contributed by atoms with Gasteiger partial charge in [-0.05, 0) is 26.2 Å². The number of rotatable bonds is 8. The van der Waals surface area contributed by atoms with E-state index in [-0.39, 0.29) is 36.4 Å². The van der Waals surface area contributed by atoms with E-state index >= 15 is 0 Å². The summed E-state index contributed by atoms with van der Waals surface area (Å²) >= 11 is 0. The van der Waals surface area contributed by atoms with Crippen LogP contribution in [0.25, 0.3) is 0 Å². The Kier molecular flexibility index (Phi) is 13.7. The quantitative estimate of drug-likeness (QED) is 0.340. The van der Waals surface area contributed by atoms with Crippen molar-refractivity contribution in [1.29, 1.82) is 0 Å². The van der Waals surface area contributed by atoms with Crippen LogP contribution in [0.1, 0.15) is 47.0 Å². The molecule has 4 N–H and O–H groups in total. The highest BCUT2D eigenvalue weighted by atomic mass is 127. The lowest BCUT2D eigenvalue weighted by atomic mass is 10.0. The Hall–Kier alpha value is -0.530. The van der Waals surface area contributed by atoms with Crippen LogP contribution in [0, 0.1) is 5.92 Å². The third-order valence-electron chi connectivity index (χ3n) is 2.58. The molecule has 0 aromatic rings. The van der Waals surface area contributed by atoms with Gasteiger partial charge in [-0.1, -0.05) is 26.7 Å². The zero-order chi connectivity index (χ0) is 14.0. The predicted octanol–water partition coefficient (Wildman–Crippen LogP) is 1.86.